The molecule has 2 fully saturated rings. The summed E-state index contributed by atoms with van der Waals surface area (Å²) in [5, 5.41) is 7.21. The summed E-state index contributed by atoms with van der Waals surface area (Å²) >= 11 is 1.64. The minimum Gasteiger partial charge on any atom is -0.317 e. The molecule has 1 amide bonds. The Morgan fingerprint density at radius 3 is 2.83 bits per heavy atom. The highest BCUT2D eigenvalue weighted by Crippen LogP contribution is 2.49. The molecule has 0 unspecified atom stereocenters. The molecule has 1 aromatic heterocycles. The molecule has 0 radical (unpaired) electrons. The second-order valence-corrected chi connectivity index (χ2v) is 8.06. The lowest BCUT2D eigenvalue weighted by atomic mass is 9.94. The molecule has 2 aliphatic rings. The van der Waals surface area contributed by atoms with Gasteiger partial charge < -0.3 is 10.6 Å². The summed E-state index contributed by atoms with van der Waals surface area (Å²) < 4.78 is 0. The van der Waals surface area contributed by atoms with Gasteiger partial charge in [-0.3, -0.25) is 4.79 Å². The van der Waals surface area contributed by atoms with Gasteiger partial charge in [-0.2, -0.15) is 0 Å². The predicted molar refractivity (Wildman–Crippen MR) is 97.7 cm³/mol. The molecule has 1 aliphatic heterocycles. The van der Waals surface area contributed by atoms with Gasteiger partial charge in [0.1, 0.15) is 0 Å². The van der Waals surface area contributed by atoms with Crippen molar-refractivity contribution >= 4 is 22.4 Å². The van der Waals surface area contributed by atoms with Crippen molar-refractivity contribution in [1.82, 2.24) is 10.3 Å². The third-order valence-corrected chi connectivity index (χ3v) is 6.32. The van der Waals surface area contributed by atoms with Gasteiger partial charge in [-0.1, -0.05) is 29.8 Å². The first-order valence-corrected chi connectivity index (χ1v) is 9.54. The van der Waals surface area contributed by atoms with Crippen molar-refractivity contribution in [2.45, 2.75) is 43.9 Å². The molecule has 5 heteroatoms. The Hall–Kier alpha value is -1.72. The molecular formula is C19H23N3OS. The van der Waals surface area contributed by atoms with Crippen LogP contribution in [0.5, 0.6) is 0 Å². The van der Waals surface area contributed by atoms with Gasteiger partial charge in [0.15, 0.2) is 5.13 Å². The zero-order valence-electron chi connectivity index (χ0n) is 14.0. The number of thiazole rings is 1. The van der Waals surface area contributed by atoms with E-state index in [1.54, 1.807) is 11.3 Å². The number of anilines is 1. The highest BCUT2D eigenvalue weighted by molar-refractivity contribution is 7.15. The van der Waals surface area contributed by atoms with Gasteiger partial charge in [0.2, 0.25) is 5.91 Å². The van der Waals surface area contributed by atoms with E-state index in [2.05, 4.69) is 40.7 Å². The van der Waals surface area contributed by atoms with Crippen LogP contribution in [0, 0.1) is 6.92 Å². The maximum atomic E-state index is 12.8. The van der Waals surface area contributed by atoms with Crippen LogP contribution in [0.4, 0.5) is 5.13 Å². The maximum Gasteiger partial charge on any atom is 0.236 e. The molecule has 1 saturated heterocycles. The molecule has 0 atom stereocenters. The molecule has 1 saturated carbocycles. The maximum absolute atomic E-state index is 12.8. The monoisotopic (exact) mass is 341 g/mol. The molecule has 24 heavy (non-hydrogen) atoms. The summed E-state index contributed by atoms with van der Waals surface area (Å²) in [5.74, 6) is 0.681. The summed E-state index contributed by atoms with van der Waals surface area (Å²) in [6, 6.07) is 8.32. The van der Waals surface area contributed by atoms with Gasteiger partial charge in [-0.15, -0.1) is 11.3 Å². The lowest BCUT2D eigenvalue weighted by Crippen LogP contribution is -2.27. The van der Waals surface area contributed by atoms with Gasteiger partial charge in [0.05, 0.1) is 5.41 Å². The fourth-order valence-electron chi connectivity index (χ4n) is 3.57. The van der Waals surface area contributed by atoms with Crippen LogP contribution in [0.15, 0.2) is 30.5 Å². The van der Waals surface area contributed by atoms with Crippen LogP contribution in [-0.4, -0.2) is 24.0 Å². The van der Waals surface area contributed by atoms with E-state index in [4.69, 9.17) is 0 Å². The second-order valence-electron chi connectivity index (χ2n) is 7.00. The van der Waals surface area contributed by atoms with E-state index in [9.17, 15) is 4.79 Å². The van der Waals surface area contributed by atoms with E-state index in [-0.39, 0.29) is 11.3 Å². The SMILES string of the molecule is Cc1cccc(C2(C(=O)Nc3ncc(C4CCNCC4)s3)CC2)c1. The van der Waals surface area contributed by atoms with E-state index in [1.807, 2.05) is 12.3 Å². The zero-order chi connectivity index (χ0) is 16.6. The van der Waals surface area contributed by atoms with Crippen molar-refractivity contribution in [3.63, 3.8) is 0 Å². The molecule has 126 valence electrons. The first kappa shape index (κ1) is 15.8. The Morgan fingerprint density at radius 2 is 2.12 bits per heavy atom. The third kappa shape index (κ3) is 2.98. The smallest absolute Gasteiger partial charge is 0.236 e. The number of aromatic nitrogens is 1. The number of carbonyl (C=O) groups is 1. The van der Waals surface area contributed by atoms with Crippen LogP contribution in [0.1, 0.15) is 47.6 Å². The summed E-state index contributed by atoms with van der Waals surface area (Å²) in [6.07, 6.45) is 6.11. The quantitative estimate of drug-likeness (QED) is 0.893. The van der Waals surface area contributed by atoms with E-state index in [1.165, 1.54) is 10.4 Å². The fourth-order valence-corrected chi connectivity index (χ4v) is 4.55. The summed E-state index contributed by atoms with van der Waals surface area (Å²) in [6.45, 7) is 4.21. The largest absolute Gasteiger partial charge is 0.317 e. The highest BCUT2D eigenvalue weighted by atomic mass is 32.1. The van der Waals surface area contributed by atoms with Crippen LogP contribution in [0.3, 0.4) is 0 Å². The van der Waals surface area contributed by atoms with Crippen molar-refractivity contribution in [2.75, 3.05) is 18.4 Å². The number of hydrogen-bond donors (Lipinski definition) is 2. The van der Waals surface area contributed by atoms with Crippen molar-refractivity contribution < 1.29 is 4.79 Å². The molecule has 1 aromatic carbocycles. The standard InChI is InChI=1S/C19H23N3OS/c1-13-3-2-4-15(11-13)19(7-8-19)17(23)22-18-21-12-16(24-18)14-5-9-20-10-6-14/h2-4,11-12,14,20H,5-10H2,1H3,(H,21,22,23). The third-order valence-electron chi connectivity index (χ3n) is 5.24. The van der Waals surface area contributed by atoms with E-state index in [0.29, 0.717) is 5.92 Å². The number of hydrogen-bond acceptors (Lipinski definition) is 4. The number of nitrogens with one attached hydrogen (secondary N) is 2. The Labute approximate surface area is 146 Å². The zero-order valence-corrected chi connectivity index (χ0v) is 14.8. The number of rotatable bonds is 4. The van der Waals surface area contributed by atoms with Crippen molar-refractivity contribution in [1.29, 1.82) is 0 Å². The summed E-state index contributed by atoms with van der Waals surface area (Å²) in [7, 11) is 0. The van der Waals surface area contributed by atoms with Crippen molar-refractivity contribution in [2.24, 2.45) is 0 Å². The van der Waals surface area contributed by atoms with Crippen LogP contribution >= 0.6 is 11.3 Å². The Bertz CT molecular complexity index is 745. The van der Waals surface area contributed by atoms with Gasteiger partial charge in [0, 0.05) is 11.1 Å². The van der Waals surface area contributed by atoms with Crippen LogP contribution in [-0.2, 0) is 10.2 Å². The average Bonchev–Trinajstić information content (AvgIpc) is 3.30. The molecule has 0 spiro atoms. The van der Waals surface area contributed by atoms with Crippen molar-refractivity contribution in [3.8, 4) is 0 Å². The lowest BCUT2D eigenvalue weighted by molar-refractivity contribution is -0.118. The van der Waals surface area contributed by atoms with E-state index in [0.717, 1.165) is 49.5 Å². The minimum absolute atomic E-state index is 0.0966. The Kier molecular flexibility index (Phi) is 4.14. The van der Waals surface area contributed by atoms with Crippen LogP contribution < -0.4 is 10.6 Å². The predicted octanol–water partition coefficient (Wildman–Crippen LogP) is 3.59. The number of nitrogens with zero attached hydrogens (tertiary/aromatic N) is 1. The molecule has 1 aliphatic carbocycles. The molecule has 4 nitrogen and oxygen atoms in total. The molecule has 2 N–H and O–H groups in total. The normalized spacial score (nSPS) is 19.9. The van der Waals surface area contributed by atoms with Gasteiger partial charge in [0.25, 0.3) is 0 Å². The van der Waals surface area contributed by atoms with Gasteiger partial charge in [-0.05, 0) is 57.2 Å². The molecule has 2 aromatic rings. The topological polar surface area (TPSA) is 54.0 Å². The molecule has 2 heterocycles. The number of carbonyl (C=O) groups excluding carboxylic acids is 1. The van der Waals surface area contributed by atoms with Crippen molar-refractivity contribution in [3.05, 3.63) is 46.5 Å². The highest BCUT2D eigenvalue weighted by Gasteiger charge is 2.51. The van der Waals surface area contributed by atoms with Crippen LogP contribution in [0.25, 0.3) is 0 Å². The van der Waals surface area contributed by atoms with Gasteiger partial charge in [-0.25, -0.2) is 4.98 Å². The number of benzene rings is 1. The van der Waals surface area contributed by atoms with E-state index < -0.39 is 0 Å². The first-order valence-electron chi connectivity index (χ1n) is 8.72. The number of amides is 1. The minimum atomic E-state index is -0.341. The number of piperidine rings is 1. The molecule has 4 rings (SSSR count). The van der Waals surface area contributed by atoms with Crippen LogP contribution in [0.2, 0.25) is 0 Å². The second kappa shape index (κ2) is 6.30. The first-order chi connectivity index (χ1) is 11.7. The number of aryl methyl sites for hydroxylation is 1. The fraction of sp³-hybridized carbons (Fsp3) is 0.474. The molecule has 0 bridgehead atoms. The Morgan fingerprint density at radius 1 is 1.33 bits per heavy atom. The molecular weight excluding hydrogens is 318 g/mol. The lowest BCUT2D eigenvalue weighted by Gasteiger charge is -2.20. The summed E-state index contributed by atoms with van der Waals surface area (Å²) in [5.41, 5.74) is 2.00. The summed E-state index contributed by atoms with van der Waals surface area (Å²) in [4.78, 5) is 18.6. The van der Waals surface area contributed by atoms with E-state index >= 15 is 0 Å². The Balaban J connectivity index is 1.47. The average molecular weight is 341 g/mol. The van der Waals surface area contributed by atoms with Gasteiger partial charge >= 0.3 is 0 Å².